The maximum atomic E-state index is 10.8. The Kier molecular flexibility index (Phi) is 2.66. The number of rotatable bonds is 3. The number of carbonyl (C=O) groups is 2. The summed E-state index contributed by atoms with van der Waals surface area (Å²) in [7, 11) is 0. The van der Waals surface area contributed by atoms with Gasteiger partial charge in [-0.1, -0.05) is 12.1 Å². The molecule has 0 bridgehead atoms. The van der Waals surface area contributed by atoms with E-state index in [1.54, 1.807) is 6.07 Å². The lowest BCUT2D eigenvalue weighted by atomic mass is 10.0. The van der Waals surface area contributed by atoms with Gasteiger partial charge in [0, 0.05) is 17.2 Å². The quantitative estimate of drug-likeness (QED) is 0.460. The summed E-state index contributed by atoms with van der Waals surface area (Å²) in [6.07, 6.45) is 1.07. The Bertz CT molecular complexity index is 634. The summed E-state index contributed by atoms with van der Waals surface area (Å²) in [5.74, 6) is 0. The highest BCUT2D eigenvalue weighted by Crippen LogP contribution is 2.27. The molecular weight excluding hydrogens is 222 g/mol. The normalized spacial score (nSPS) is 10.1. The predicted octanol–water partition coefficient (Wildman–Crippen LogP) is 2.37. The molecule has 2 aromatic carbocycles. The van der Waals surface area contributed by atoms with Gasteiger partial charge in [-0.25, -0.2) is 0 Å². The van der Waals surface area contributed by atoms with Crippen LogP contribution in [0.15, 0.2) is 30.3 Å². The first-order chi connectivity index (χ1) is 8.17. The van der Waals surface area contributed by atoms with Crippen LogP contribution in [-0.2, 0) is 0 Å². The largest absolute Gasteiger partial charge is 0.298 e. The number of hydrogen-bond donors (Lipinski definition) is 0. The number of carbonyl (C=O) groups excluding carboxylic acids is 2. The summed E-state index contributed by atoms with van der Waals surface area (Å²) < 4.78 is 0. The van der Waals surface area contributed by atoms with Crippen molar-refractivity contribution in [3.8, 4) is 0 Å². The molecule has 0 saturated heterocycles. The summed E-state index contributed by atoms with van der Waals surface area (Å²) >= 11 is 0. The minimum Gasteiger partial charge on any atom is -0.298 e. The fraction of sp³-hybridized carbons (Fsp3) is 0. The van der Waals surface area contributed by atoms with E-state index in [2.05, 4.69) is 0 Å². The van der Waals surface area contributed by atoms with Crippen molar-refractivity contribution in [3.63, 3.8) is 0 Å². The fourth-order valence-electron chi connectivity index (χ4n) is 1.71. The molecule has 17 heavy (non-hydrogen) atoms. The van der Waals surface area contributed by atoms with Gasteiger partial charge in [0.25, 0.3) is 5.69 Å². The summed E-state index contributed by atoms with van der Waals surface area (Å²) in [5, 5.41) is 11.7. The summed E-state index contributed by atoms with van der Waals surface area (Å²) in [6.45, 7) is 0. The molecule has 0 aromatic heterocycles. The van der Waals surface area contributed by atoms with Gasteiger partial charge in [-0.15, -0.1) is 0 Å². The molecule has 5 nitrogen and oxygen atoms in total. The van der Waals surface area contributed by atoms with E-state index in [9.17, 15) is 19.7 Å². The highest BCUT2D eigenvalue weighted by molar-refractivity contribution is 6.01. The monoisotopic (exact) mass is 229 g/mol. The fourth-order valence-corrected chi connectivity index (χ4v) is 1.71. The molecule has 84 valence electrons. The molecule has 0 N–H and O–H groups in total. The summed E-state index contributed by atoms with van der Waals surface area (Å²) in [6, 6.07) is 7.39. The smallest absolute Gasteiger partial charge is 0.277 e. The van der Waals surface area contributed by atoms with Gasteiger partial charge in [-0.05, 0) is 17.5 Å². The molecule has 0 saturated carbocycles. The Morgan fingerprint density at radius 3 is 2.29 bits per heavy atom. The molecular formula is C12H7NO4. The van der Waals surface area contributed by atoms with Crippen molar-refractivity contribution in [2.45, 2.75) is 0 Å². The molecule has 0 amide bonds. The Morgan fingerprint density at radius 2 is 1.71 bits per heavy atom. The average Bonchev–Trinajstić information content (AvgIpc) is 2.35. The van der Waals surface area contributed by atoms with Crippen LogP contribution in [0.2, 0.25) is 0 Å². The molecule has 0 aliphatic rings. The van der Waals surface area contributed by atoms with Crippen molar-refractivity contribution in [2.24, 2.45) is 0 Å². The minimum atomic E-state index is -0.516. The molecule has 0 aliphatic carbocycles. The number of nitrogens with zero attached hydrogens (tertiary/aromatic N) is 1. The zero-order chi connectivity index (χ0) is 12.4. The average molecular weight is 229 g/mol. The first-order valence-corrected chi connectivity index (χ1v) is 4.79. The van der Waals surface area contributed by atoms with Gasteiger partial charge < -0.3 is 0 Å². The van der Waals surface area contributed by atoms with E-state index < -0.39 is 4.92 Å². The predicted molar refractivity (Wildman–Crippen MR) is 61.4 cm³/mol. The molecule has 2 rings (SSSR count). The Labute approximate surface area is 95.8 Å². The van der Waals surface area contributed by atoms with E-state index in [1.165, 1.54) is 24.3 Å². The van der Waals surface area contributed by atoms with Crippen molar-refractivity contribution < 1.29 is 14.5 Å². The zero-order valence-corrected chi connectivity index (χ0v) is 8.62. The Morgan fingerprint density at radius 1 is 1.06 bits per heavy atom. The van der Waals surface area contributed by atoms with Crippen LogP contribution in [0, 0.1) is 10.1 Å². The van der Waals surface area contributed by atoms with E-state index in [4.69, 9.17) is 0 Å². The third kappa shape index (κ3) is 1.78. The van der Waals surface area contributed by atoms with Crippen molar-refractivity contribution >= 4 is 29.0 Å². The third-order valence-electron chi connectivity index (χ3n) is 2.51. The molecule has 0 unspecified atom stereocenters. The highest BCUT2D eigenvalue weighted by atomic mass is 16.6. The number of fused-ring (bicyclic) bond motifs is 1. The number of nitro benzene ring substituents is 1. The van der Waals surface area contributed by atoms with Crippen LogP contribution < -0.4 is 0 Å². The van der Waals surface area contributed by atoms with E-state index in [0.717, 1.165) is 0 Å². The van der Waals surface area contributed by atoms with Crippen LogP contribution in [0.5, 0.6) is 0 Å². The molecule has 0 radical (unpaired) electrons. The number of benzene rings is 2. The topological polar surface area (TPSA) is 77.3 Å². The van der Waals surface area contributed by atoms with Gasteiger partial charge in [0.05, 0.1) is 10.3 Å². The van der Waals surface area contributed by atoms with Gasteiger partial charge in [-0.2, -0.15) is 0 Å². The van der Waals surface area contributed by atoms with Crippen LogP contribution >= 0.6 is 0 Å². The number of non-ortho nitro benzene ring substituents is 1. The van der Waals surface area contributed by atoms with Crippen LogP contribution in [0.3, 0.4) is 0 Å². The van der Waals surface area contributed by atoms with Crippen LogP contribution in [0.1, 0.15) is 20.7 Å². The molecule has 0 spiro atoms. The summed E-state index contributed by atoms with van der Waals surface area (Å²) in [4.78, 5) is 31.8. The highest BCUT2D eigenvalue weighted by Gasteiger charge is 2.13. The molecule has 0 atom stereocenters. The van der Waals surface area contributed by atoms with E-state index >= 15 is 0 Å². The molecule has 0 fully saturated rings. The van der Waals surface area contributed by atoms with Crippen LogP contribution in [0.4, 0.5) is 5.69 Å². The first kappa shape index (κ1) is 10.9. The van der Waals surface area contributed by atoms with Crippen LogP contribution in [-0.4, -0.2) is 17.5 Å². The number of hydrogen-bond acceptors (Lipinski definition) is 4. The SMILES string of the molecule is O=Cc1cc2cccc([N+](=O)[O-])c2cc1C=O. The van der Waals surface area contributed by atoms with Crippen molar-refractivity contribution in [1.29, 1.82) is 0 Å². The standard InChI is InChI=1S/C12H7NO4/c14-6-9-4-8-2-1-3-12(13(16)17)11(8)5-10(9)7-15/h1-7H. The molecule has 0 aliphatic heterocycles. The maximum absolute atomic E-state index is 10.8. The van der Waals surface area contributed by atoms with Gasteiger partial charge >= 0.3 is 0 Å². The lowest BCUT2D eigenvalue weighted by molar-refractivity contribution is -0.383. The Hall–Kier alpha value is -2.56. The van der Waals surface area contributed by atoms with Gasteiger partial charge in [-0.3, -0.25) is 19.7 Å². The third-order valence-corrected chi connectivity index (χ3v) is 2.51. The molecule has 5 heteroatoms. The number of aldehydes is 2. The molecule has 0 heterocycles. The van der Waals surface area contributed by atoms with Crippen molar-refractivity contribution in [1.82, 2.24) is 0 Å². The first-order valence-electron chi connectivity index (χ1n) is 4.79. The van der Waals surface area contributed by atoms with E-state index in [-0.39, 0.29) is 16.8 Å². The van der Waals surface area contributed by atoms with Crippen molar-refractivity contribution in [2.75, 3.05) is 0 Å². The maximum Gasteiger partial charge on any atom is 0.277 e. The zero-order valence-electron chi connectivity index (χ0n) is 8.62. The second-order valence-corrected chi connectivity index (χ2v) is 3.47. The minimum absolute atomic E-state index is 0.0805. The van der Waals surface area contributed by atoms with Gasteiger partial charge in [0.2, 0.25) is 0 Å². The molecule has 2 aromatic rings. The Balaban J connectivity index is 2.87. The lowest BCUT2D eigenvalue weighted by Crippen LogP contribution is -1.94. The summed E-state index contributed by atoms with van der Waals surface area (Å²) in [5.41, 5.74) is 0.304. The van der Waals surface area contributed by atoms with Gasteiger partial charge in [0.1, 0.15) is 0 Å². The lowest BCUT2D eigenvalue weighted by Gasteiger charge is -2.02. The second-order valence-electron chi connectivity index (χ2n) is 3.47. The van der Waals surface area contributed by atoms with Gasteiger partial charge in [0.15, 0.2) is 12.6 Å². The van der Waals surface area contributed by atoms with Crippen LogP contribution in [0.25, 0.3) is 10.8 Å². The van der Waals surface area contributed by atoms with E-state index in [0.29, 0.717) is 23.3 Å². The number of nitro groups is 1. The van der Waals surface area contributed by atoms with E-state index in [1.807, 2.05) is 0 Å². The second kappa shape index (κ2) is 4.13. The van der Waals surface area contributed by atoms with Crippen molar-refractivity contribution in [3.05, 3.63) is 51.6 Å².